The summed E-state index contributed by atoms with van der Waals surface area (Å²) in [5.41, 5.74) is 0. The van der Waals surface area contributed by atoms with Gasteiger partial charge in [0.05, 0.1) is 18.8 Å². The molecule has 0 spiro atoms. The van der Waals surface area contributed by atoms with E-state index >= 15 is 0 Å². The smallest absolute Gasteiger partial charge is 0.136 e. The van der Waals surface area contributed by atoms with Crippen molar-refractivity contribution in [1.82, 2.24) is 10.6 Å². The number of nitrogens with one attached hydrogen (secondary N) is 2. The zero-order valence-electron chi connectivity index (χ0n) is 12.1. The van der Waals surface area contributed by atoms with Gasteiger partial charge in [-0.25, -0.2) is 0 Å². The molecule has 0 aromatic rings. The molecule has 5 heteroatoms. The second-order valence-corrected chi connectivity index (χ2v) is 4.81. The van der Waals surface area contributed by atoms with Gasteiger partial charge in [0.15, 0.2) is 0 Å². The van der Waals surface area contributed by atoms with Crippen molar-refractivity contribution in [3.63, 3.8) is 0 Å². The molecular formula is C13H28N2O3. The summed E-state index contributed by atoms with van der Waals surface area (Å²) < 4.78 is 16.6. The molecule has 2 N–H and O–H groups in total. The van der Waals surface area contributed by atoms with Crippen LogP contribution in [0.4, 0.5) is 0 Å². The molecule has 0 amide bonds. The van der Waals surface area contributed by atoms with Crippen LogP contribution in [0.5, 0.6) is 0 Å². The number of likely N-dealkylation sites (N-methyl/N-ethyl adjacent to an activating group) is 1. The summed E-state index contributed by atoms with van der Waals surface area (Å²) in [6.07, 6.45) is 2.81. The Kier molecular flexibility index (Phi) is 7.77. The fraction of sp³-hybridized carbons (Fsp3) is 1.00. The number of unbranched alkanes of at least 4 members (excludes halogenated alkanes) is 1. The van der Waals surface area contributed by atoms with Gasteiger partial charge in [0.2, 0.25) is 0 Å². The molecule has 3 unspecified atom stereocenters. The summed E-state index contributed by atoms with van der Waals surface area (Å²) in [4.78, 5) is 0. The molecular weight excluding hydrogens is 232 g/mol. The largest absolute Gasteiger partial charge is 0.383 e. The number of methoxy groups -OCH3 is 1. The minimum atomic E-state index is 0.134. The highest BCUT2D eigenvalue weighted by molar-refractivity contribution is 4.88. The van der Waals surface area contributed by atoms with Crippen molar-refractivity contribution in [2.24, 2.45) is 0 Å². The van der Waals surface area contributed by atoms with Crippen LogP contribution in [-0.4, -0.2) is 58.4 Å². The molecule has 0 bridgehead atoms. The van der Waals surface area contributed by atoms with E-state index in [1.807, 2.05) is 7.05 Å². The molecule has 108 valence electrons. The molecule has 0 aromatic heterocycles. The lowest BCUT2D eigenvalue weighted by Gasteiger charge is -2.24. The van der Waals surface area contributed by atoms with E-state index in [4.69, 9.17) is 14.2 Å². The molecule has 0 radical (unpaired) electrons. The Morgan fingerprint density at radius 1 is 1.39 bits per heavy atom. The molecule has 0 aliphatic carbocycles. The van der Waals surface area contributed by atoms with Gasteiger partial charge in [-0.2, -0.15) is 0 Å². The van der Waals surface area contributed by atoms with Crippen LogP contribution in [0.15, 0.2) is 0 Å². The van der Waals surface area contributed by atoms with Crippen LogP contribution in [0.25, 0.3) is 0 Å². The van der Waals surface area contributed by atoms with Crippen molar-refractivity contribution >= 4 is 0 Å². The highest BCUT2D eigenvalue weighted by atomic mass is 16.6. The third kappa shape index (κ3) is 5.63. The fourth-order valence-electron chi connectivity index (χ4n) is 1.89. The van der Waals surface area contributed by atoms with Crippen molar-refractivity contribution in [3.8, 4) is 0 Å². The van der Waals surface area contributed by atoms with Gasteiger partial charge in [0.1, 0.15) is 12.3 Å². The summed E-state index contributed by atoms with van der Waals surface area (Å²) >= 11 is 0. The van der Waals surface area contributed by atoms with Gasteiger partial charge in [0.25, 0.3) is 0 Å². The molecule has 1 saturated heterocycles. The second-order valence-electron chi connectivity index (χ2n) is 4.81. The Morgan fingerprint density at radius 2 is 2.17 bits per heavy atom. The molecule has 0 saturated carbocycles. The first-order chi connectivity index (χ1) is 8.72. The first-order valence-electron chi connectivity index (χ1n) is 6.89. The van der Waals surface area contributed by atoms with Gasteiger partial charge in [0, 0.05) is 20.3 Å². The third-order valence-electron chi connectivity index (χ3n) is 3.16. The highest BCUT2D eigenvalue weighted by Gasteiger charge is 2.40. The quantitative estimate of drug-likeness (QED) is 0.424. The molecule has 0 aromatic carbocycles. The molecule has 1 aliphatic rings. The van der Waals surface area contributed by atoms with Crippen LogP contribution in [0.3, 0.4) is 0 Å². The number of epoxide rings is 1. The summed E-state index contributed by atoms with van der Waals surface area (Å²) in [7, 11) is 3.65. The maximum atomic E-state index is 5.81. The van der Waals surface area contributed by atoms with E-state index in [1.54, 1.807) is 7.11 Å². The lowest BCUT2D eigenvalue weighted by Crippen LogP contribution is -2.45. The summed E-state index contributed by atoms with van der Waals surface area (Å²) in [6, 6.07) is 0.179. The number of rotatable bonds is 11. The zero-order valence-corrected chi connectivity index (χ0v) is 12.1. The van der Waals surface area contributed by atoms with E-state index in [1.165, 1.54) is 0 Å². The predicted octanol–water partition coefficient (Wildman–Crippen LogP) is 0.741. The molecule has 1 fully saturated rings. The van der Waals surface area contributed by atoms with Crippen LogP contribution in [0.2, 0.25) is 0 Å². The van der Waals surface area contributed by atoms with E-state index < -0.39 is 0 Å². The van der Waals surface area contributed by atoms with Gasteiger partial charge < -0.3 is 19.5 Å². The highest BCUT2D eigenvalue weighted by Crippen LogP contribution is 2.19. The summed E-state index contributed by atoms with van der Waals surface area (Å²) in [5, 5.41) is 6.55. The lowest BCUT2D eigenvalue weighted by molar-refractivity contribution is 0.00946. The number of hydrogen-bond donors (Lipinski definition) is 2. The van der Waals surface area contributed by atoms with Gasteiger partial charge in [-0.05, 0) is 20.4 Å². The van der Waals surface area contributed by atoms with Crippen molar-refractivity contribution in [3.05, 3.63) is 0 Å². The van der Waals surface area contributed by atoms with Crippen LogP contribution < -0.4 is 10.6 Å². The van der Waals surface area contributed by atoms with Crippen molar-refractivity contribution < 1.29 is 14.2 Å². The first kappa shape index (κ1) is 15.9. The maximum absolute atomic E-state index is 5.81. The van der Waals surface area contributed by atoms with Crippen LogP contribution in [0.1, 0.15) is 26.7 Å². The van der Waals surface area contributed by atoms with E-state index in [2.05, 4.69) is 24.5 Å². The number of ether oxygens (including phenoxy) is 3. The van der Waals surface area contributed by atoms with E-state index in [9.17, 15) is 0 Å². The topological polar surface area (TPSA) is 55.1 Å². The molecule has 5 nitrogen and oxygen atoms in total. The fourth-order valence-corrected chi connectivity index (χ4v) is 1.89. The maximum Gasteiger partial charge on any atom is 0.136 e. The average molecular weight is 260 g/mol. The van der Waals surface area contributed by atoms with Gasteiger partial charge in [-0.1, -0.05) is 13.3 Å². The molecule has 1 aliphatic heterocycles. The Bertz CT molecular complexity index is 216. The van der Waals surface area contributed by atoms with Gasteiger partial charge in [-0.3, -0.25) is 5.32 Å². The van der Waals surface area contributed by atoms with Gasteiger partial charge in [-0.15, -0.1) is 0 Å². The molecule has 4 atom stereocenters. The average Bonchev–Trinajstić information content (AvgIpc) is 3.07. The van der Waals surface area contributed by atoms with Crippen LogP contribution >= 0.6 is 0 Å². The van der Waals surface area contributed by atoms with Crippen LogP contribution in [-0.2, 0) is 14.2 Å². The Morgan fingerprint density at radius 3 is 2.78 bits per heavy atom. The van der Waals surface area contributed by atoms with E-state index in [0.29, 0.717) is 6.61 Å². The van der Waals surface area contributed by atoms with Crippen molar-refractivity contribution in [2.45, 2.75) is 51.2 Å². The monoisotopic (exact) mass is 260 g/mol. The van der Waals surface area contributed by atoms with Gasteiger partial charge >= 0.3 is 0 Å². The SMILES string of the molecule is CCCCOC(C)C(COC)NC1O[C@H]1CNC. The molecule has 18 heavy (non-hydrogen) atoms. The standard InChI is InChI=1S/C13H28N2O3/c1-5-6-7-17-10(2)11(9-16-4)15-13-12(18-13)8-14-3/h10-15H,5-9H2,1-4H3/t10?,11?,12-,13?/m0/s1. The minimum absolute atomic E-state index is 0.134. The summed E-state index contributed by atoms with van der Waals surface area (Å²) in [5.74, 6) is 0. The Labute approximate surface area is 111 Å². The second kappa shape index (κ2) is 8.82. The van der Waals surface area contributed by atoms with Crippen LogP contribution in [0, 0.1) is 0 Å². The Hall–Kier alpha value is -0.200. The van der Waals surface area contributed by atoms with Crippen molar-refractivity contribution in [1.29, 1.82) is 0 Å². The van der Waals surface area contributed by atoms with E-state index in [0.717, 1.165) is 26.0 Å². The lowest BCUT2D eigenvalue weighted by atomic mass is 10.2. The Balaban J connectivity index is 2.25. The predicted molar refractivity (Wildman–Crippen MR) is 71.7 cm³/mol. The minimum Gasteiger partial charge on any atom is -0.383 e. The number of hydrogen-bond acceptors (Lipinski definition) is 5. The van der Waals surface area contributed by atoms with E-state index in [-0.39, 0.29) is 24.5 Å². The molecule has 1 rings (SSSR count). The first-order valence-corrected chi connectivity index (χ1v) is 6.89. The molecule has 1 heterocycles. The third-order valence-corrected chi connectivity index (χ3v) is 3.16. The normalized spacial score (nSPS) is 26.0. The summed E-state index contributed by atoms with van der Waals surface area (Å²) in [6.45, 7) is 6.58. The zero-order chi connectivity index (χ0) is 13.4. The van der Waals surface area contributed by atoms with Crippen molar-refractivity contribution in [2.75, 3.05) is 33.9 Å².